The molecule has 2 aromatic rings. The van der Waals surface area contributed by atoms with Gasteiger partial charge in [0, 0.05) is 26.4 Å². The van der Waals surface area contributed by atoms with Crippen molar-refractivity contribution in [3.8, 4) is 0 Å². The van der Waals surface area contributed by atoms with E-state index < -0.39 is 0 Å². The van der Waals surface area contributed by atoms with Crippen molar-refractivity contribution in [2.45, 2.75) is 26.9 Å². The van der Waals surface area contributed by atoms with Crippen molar-refractivity contribution in [1.29, 1.82) is 0 Å². The fraction of sp³-hybridized carbons (Fsp3) is 0.438. The molecule has 108 valence electrons. The first-order chi connectivity index (χ1) is 9.67. The van der Waals surface area contributed by atoms with Crippen LogP contribution in [0.3, 0.4) is 0 Å². The number of hydrogen-bond acceptors (Lipinski definition) is 3. The Bertz CT molecular complexity index is 528. The summed E-state index contributed by atoms with van der Waals surface area (Å²) in [5.74, 6) is 0. The Labute approximate surface area is 120 Å². The monoisotopic (exact) mass is 273 g/mol. The molecule has 0 bridgehead atoms. The Morgan fingerprint density at radius 2 is 1.95 bits per heavy atom. The van der Waals surface area contributed by atoms with Crippen LogP contribution >= 0.6 is 0 Å². The van der Waals surface area contributed by atoms with E-state index in [1.807, 2.05) is 10.9 Å². The smallest absolute Gasteiger partial charge is 0.0762 e. The van der Waals surface area contributed by atoms with E-state index in [9.17, 15) is 0 Å². The minimum absolute atomic E-state index is 0.725. The van der Waals surface area contributed by atoms with Crippen molar-refractivity contribution < 1.29 is 4.74 Å². The standard InChI is InChI=1S/C16H23N3O/c1-13-8-14(2)10-15(9-13)12-19-6-4-16(18-19)11-17-5-7-20-3/h4,6,8-10,17H,5,7,11-12H2,1-3H3. The van der Waals surface area contributed by atoms with Gasteiger partial charge >= 0.3 is 0 Å². The van der Waals surface area contributed by atoms with Crippen LogP contribution in [0.4, 0.5) is 0 Å². The van der Waals surface area contributed by atoms with Crippen molar-refractivity contribution in [1.82, 2.24) is 15.1 Å². The quantitative estimate of drug-likeness (QED) is 0.787. The number of hydrogen-bond donors (Lipinski definition) is 1. The number of benzene rings is 1. The lowest BCUT2D eigenvalue weighted by atomic mass is 10.1. The summed E-state index contributed by atoms with van der Waals surface area (Å²) in [4.78, 5) is 0. The van der Waals surface area contributed by atoms with Crippen LogP contribution in [0.15, 0.2) is 30.5 Å². The SMILES string of the molecule is COCCNCc1ccn(Cc2cc(C)cc(C)c2)n1. The third-order valence-electron chi connectivity index (χ3n) is 3.11. The molecule has 1 aromatic carbocycles. The molecule has 0 atom stereocenters. The van der Waals surface area contributed by atoms with Crippen LogP contribution in [0.1, 0.15) is 22.4 Å². The predicted molar refractivity (Wildman–Crippen MR) is 80.8 cm³/mol. The van der Waals surface area contributed by atoms with Gasteiger partial charge in [0.2, 0.25) is 0 Å². The average Bonchev–Trinajstić information content (AvgIpc) is 2.81. The second-order valence-corrected chi connectivity index (χ2v) is 5.17. The lowest BCUT2D eigenvalue weighted by Crippen LogP contribution is -2.19. The first-order valence-electron chi connectivity index (χ1n) is 6.96. The fourth-order valence-corrected chi connectivity index (χ4v) is 2.32. The number of aromatic nitrogens is 2. The molecule has 0 fully saturated rings. The van der Waals surface area contributed by atoms with Crippen LogP contribution in [-0.2, 0) is 17.8 Å². The first kappa shape index (κ1) is 14.8. The zero-order valence-corrected chi connectivity index (χ0v) is 12.5. The molecule has 0 aliphatic carbocycles. The predicted octanol–water partition coefficient (Wildman–Crippen LogP) is 2.28. The lowest BCUT2D eigenvalue weighted by molar-refractivity contribution is 0.199. The van der Waals surface area contributed by atoms with Crippen LogP contribution in [0.5, 0.6) is 0 Å². The van der Waals surface area contributed by atoms with Crippen LogP contribution in [-0.4, -0.2) is 30.0 Å². The minimum atomic E-state index is 0.725. The third kappa shape index (κ3) is 4.47. The molecule has 4 heteroatoms. The zero-order valence-electron chi connectivity index (χ0n) is 12.5. The van der Waals surface area contributed by atoms with Gasteiger partial charge < -0.3 is 10.1 Å². The molecule has 0 spiro atoms. The molecular weight excluding hydrogens is 250 g/mol. The van der Waals surface area contributed by atoms with Gasteiger partial charge in [-0.1, -0.05) is 29.3 Å². The molecule has 0 radical (unpaired) electrons. The number of aryl methyl sites for hydroxylation is 2. The number of ether oxygens (including phenoxy) is 1. The molecular formula is C16H23N3O. The molecule has 0 unspecified atom stereocenters. The van der Waals surface area contributed by atoms with Gasteiger partial charge in [-0.05, 0) is 25.5 Å². The molecule has 0 saturated carbocycles. The summed E-state index contributed by atoms with van der Waals surface area (Å²) in [6.45, 7) is 7.43. The Balaban J connectivity index is 1.92. The van der Waals surface area contributed by atoms with Crippen molar-refractivity contribution in [2.75, 3.05) is 20.3 Å². The minimum Gasteiger partial charge on any atom is -0.383 e. The summed E-state index contributed by atoms with van der Waals surface area (Å²) < 4.78 is 6.99. The summed E-state index contributed by atoms with van der Waals surface area (Å²) in [6, 6.07) is 8.68. The highest BCUT2D eigenvalue weighted by atomic mass is 16.5. The highest BCUT2D eigenvalue weighted by molar-refractivity contribution is 5.28. The van der Waals surface area contributed by atoms with Gasteiger partial charge in [-0.15, -0.1) is 0 Å². The van der Waals surface area contributed by atoms with Crippen LogP contribution in [0.2, 0.25) is 0 Å². The van der Waals surface area contributed by atoms with Crippen LogP contribution in [0, 0.1) is 13.8 Å². The maximum Gasteiger partial charge on any atom is 0.0762 e. The van der Waals surface area contributed by atoms with Crippen LogP contribution in [0.25, 0.3) is 0 Å². The highest BCUT2D eigenvalue weighted by Crippen LogP contribution is 2.10. The Hall–Kier alpha value is -1.65. The van der Waals surface area contributed by atoms with E-state index in [0.29, 0.717) is 0 Å². The molecule has 0 amide bonds. The summed E-state index contributed by atoms with van der Waals surface area (Å²) in [6.07, 6.45) is 2.03. The van der Waals surface area contributed by atoms with Gasteiger partial charge in [0.25, 0.3) is 0 Å². The van der Waals surface area contributed by atoms with E-state index in [1.165, 1.54) is 16.7 Å². The fourth-order valence-electron chi connectivity index (χ4n) is 2.32. The molecule has 2 rings (SSSR count). The Kier molecular flexibility index (Phi) is 5.32. The van der Waals surface area contributed by atoms with Crippen molar-refractivity contribution in [3.63, 3.8) is 0 Å². The highest BCUT2D eigenvalue weighted by Gasteiger charge is 2.01. The molecule has 1 heterocycles. The van der Waals surface area contributed by atoms with E-state index >= 15 is 0 Å². The van der Waals surface area contributed by atoms with Gasteiger partial charge in [-0.3, -0.25) is 4.68 Å². The third-order valence-corrected chi connectivity index (χ3v) is 3.11. The van der Waals surface area contributed by atoms with Gasteiger partial charge in [-0.2, -0.15) is 5.10 Å². The summed E-state index contributed by atoms with van der Waals surface area (Å²) >= 11 is 0. The maximum absolute atomic E-state index is 5.00. The molecule has 4 nitrogen and oxygen atoms in total. The largest absolute Gasteiger partial charge is 0.383 e. The number of nitrogens with one attached hydrogen (secondary N) is 1. The first-order valence-corrected chi connectivity index (χ1v) is 6.96. The lowest BCUT2D eigenvalue weighted by Gasteiger charge is -2.05. The van der Waals surface area contributed by atoms with E-state index in [0.717, 1.165) is 31.9 Å². The van der Waals surface area contributed by atoms with Gasteiger partial charge in [-0.25, -0.2) is 0 Å². The van der Waals surface area contributed by atoms with E-state index in [-0.39, 0.29) is 0 Å². The summed E-state index contributed by atoms with van der Waals surface area (Å²) in [7, 11) is 1.71. The van der Waals surface area contributed by atoms with Gasteiger partial charge in [0.05, 0.1) is 18.8 Å². The number of methoxy groups -OCH3 is 1. The van der Waals surface area contributed by atoms with Gasteiger partial charge in [0.1, 0.15) is 0 Å². The Morgan fingerprint density at radius 1 is 1.20 bits per heavy atom. The van der Waals surface area contributed by atoms with Crippen LogP contribution < -0.4 is 5.32 Å². The summed E-state index contributed by atoms with van der Waals surface area (Å²) in [5, 5.41) is 7.87. The van der Waals surface area contributed by atoms with E-state index in [1.54, 1.807) is 7.11 Å². The van der Waals surface area contributed by atoms with Crippen molar-refractivity contribution in [2.24, 2.45) is 0 Å². The van der Waals surface area contributed by atoms with Crippen molar-refractivity contribution in [3.05, 3.63) is 52.8 Å². The summed E-state index contributed by atoms with van der Waals surface area (Å²) in [5.41, 5.74) is 4.96. The average molecular weight is 273 g/mol. The molecule has 0 aliphatic heterocycles. The zero-order chi connectivity index (χ0) is 14.4. The van der Waals surface area contributed by atoms with E-state index in [2.05, 4.69) is 48.5 Å². The second kappa shape index (κ2) is 7.22. The molecule has 1 aromatic heterocycles. The van der Waals surface area contributed by atoms with E-state index in [4.69, 9.17) is 4.74 Å². The van der Waals surface area contributed by atoms with Gasteiger partial charge in [0.15, 0.2) is 0 Å². The normalized spacial score (nSPS) is 10.9. The topological polar surface area (TPSA) is 39.1 Å². The van der Waals surface area contributed by atoms with Crippen molar-refractivity contribution >= 4 is 0 Å². The second-order valence-electron chi connectivity index (χ2n) is 5.17. The Morgan fingerprint density at radius 3 is 2.65 bits per heavy atom. The number of rotatable bonds is 7. The number of nitrogens with zero attached hydrogens (tertiary/aromatic N) is 2. The molecule has 0 aliphatic rings. The molecule has 1 N–H and O–H groups in total. The maximum atomic E-state index is 5.00. The molecule has 20 heavy (non-hydrogen) atoms. The molecule has 0 saturated heterocycles.